The molecule has 5 aromatic rings. The van der Waals surface area contributed by atoms with Gasteiger partial charge >= 0.3 is 11.9 Å². The van der Waals surface area contributed by atoms with Crippen LogP contribution in [0.5, 0.6) is 5.75 Å². The number of ether oxygens (including phenoxy) is 2. The number of hydrogen-bond donors (Lipinski definition) is 0. The van der Waals surface area contributed by atoms with Crippen LogP contribution >= 0.6 is 0 Å². The first-order valence-corrected chi connectivity index (χ1v) is 12.6. The Kier molecular flexibility index (Phi) is 7.32. The Hall–Kier alpha value is -5.03. The van der Waals surface area contributed by atoms with Gasteiger partial charge in [-0.05, 0) is 42.3 Å². The van der Waals surface area contributed by atoms with Gasteiger partial charge in [-0.25, -0.2) is 9.59 Å². The monoisotopic (exact) mass is 514 g/mol. The maximum absolute atomic E-state index is 13.7. The van der Waals surface area contributed by atoms with Crippen molar-refractivity contribution in [3.63, 3.8) is 0 Å². The van der Waals surface area contributed by atoms with Crippen molar-refractivity contribution >= 4 is 39.8 Å². The Balaban J connectivity index is 1.53. The SMILES string of the molecule is C=C(C=Cc1cccc2c1c(C(=O)Oc1ccc(C)cc1)c1ccccc1[n+]2C)C(=O)OCc1ccccc1. The molecule has 5 nitrogen and oxygen atoms in total. The van der Waals surface area contributed by atoms with Gasteiger partial charge in [-0.1, -0.05) is 84.9 Å². The Bertz CT molecular complexity index is 1740. The fourth-order valence-corrected chi connectivity index (χ4v) is 4.54. The lowest BCUT2D eigenvalue weighted by Crippen LogP contribution is -2.31. The van der Waals surface area contributed by atoms with Crippen molar-refractivity contribution in [2.24, 2.45) is 7.05 Å². The Morgan fingerprint density at radius 1 is 0.846 bits per heavy atom. The largest absolute Gasteiger partial charge is 0.457 e. The summed E-state index contributed by atoms with van der Waals surface area (Å²) in [6.07, 6.45) is 3.40. The van der Waals surface area contributed by atoms with Crippen LogP contribution in [-0.4, -0.2) is 11.9 Å². The number of pyridine rings is 1. The highest BCUT2D eigenvalue weighted by Crippen LogP contribution is 2.30. The number of carbonyl (C=O) groups is 2. The Labute approximate surface area is 227 Å². The molecule has 39 heavy (non-hydrogen) atoms. The van der Waals surface area contributed by atoms with E-state index < -0.39 is 11.9 Å². The van der Waals surface area contributed by atoms with Gasteiger partial charge in [0.1, 0.15) is 19.4 Å². The van der Waals surface area contributed by atoms with Gasteiger partial charge in [0, 0.05) is 12.1 Å². The number of aryl methyl sites for hydroxylation is 2. The molecule has 0 saturated carbocycles. The van der Waals surface area contributed by atoms with E-state index in [-0.39, 0.29) is 12.2 Å². The van der Waals surface area contributed by atoms with E-state index >= 15 is 0 Å². The predicted octanol–water partition coefficient (Wildman–Crippen LogP) is 6.66. The number of esters is 2. The van der Waals surface area contributed by atoms with Crippen LogP contribution in [0.4, 0.5) is 0 Å². The average molecular weight is 515 g/mol. The highest BCUT2D eigenvalue weighted by molar-refractivity contribution is 6.15. The van der Waals surface area contributed by atoms with Crippen molar-refractivity contribution in [2.75, 3.05) is 0 Å². The topological polar surface area (TPSA) is 56.5 Å². The standard InChI is InChI=1S/C34H28NO4/c1-23-16-20-27(21-17-23)39-34(37)32-28-13-7-8-14-29(28)35(3)30-15-9-12-26(31(30)32)19-18-24(2)33(36)38-22-25-10-5-4-6-11-25/h4-21H,2,22H2,1,3H3/q+1. The molecule has 5 heteroatoms. The normalized spacial score (nSPS) is 11.1. The quantitative estimate of drug-likeness (QED) is 0.0609. The summed E-state index contributed by atoms with van der Waals surface area (Å²) in [6, 6.07) is 30.4. The van der Waals surface area contributed by atoms with Gasteiger partial charge in [0.05, 0.1) is 21.9 Å². The highest BCUT2D eigenvalue weighted by atomic mass is 16.5. The van der Waals surface area contributed by atoms with Gasteiger partial charge in [0.25, 0.3) is 0 Å². The molecule has 1 aromatic heterocycles. The first kappa shape index (κ1) is 25.6. The van der Waals surface area contributed by atoms with Crippen LogP contribution in [0.25, 0.3) is 27.9 Å². The van der Waals surface area contributed by atoms with E-state index in [1.54, 1.807) is 24.3 Å². The van der Waals surface area contributed by atoms with Gasteiger partial charge in [-0.3, -0.25) is 0 Å². The Morgan fingerprint density at radius 3 is 2.31 bits per heavy atom. The second-order valence-electron chi connectivity index (χ2n) is 9.32. The van der Waals surface area contributed by atoms with E-state index in [9.17, 15) is 9.59 Å². The number of hydrogen-bond acceptors (Lipinski definition) is 4. The minimum atomic E-state index is -0.509. The smallest absolute Gasteiger partial charge is 0.345 e. The average Bonchev–Trinajstić information content (AvgIpc) is 2.96. The van der Waals surface area contributed by atoms with Crippen molar-refractivity contribution in [1.29, 1.82) is 0 Å². The van der Waals surface area contributed by atoms with Crippen LogP contribution in [-0.2, 0) is 23.2 Å². The molecule has 0 aliphatic rings. The molecule has 0 unspecified atom stereocenters. The number of carbonyl (C=O) groups excluding carboxylic acids is 2. The summed E-state index contributed by atoms with van der Waals surface area (Å²) in [5.74, 6) is -0.494. The lowest BCUT2D eigenvalue weighted by atomic mass is 9.97. The third-order valence-electron chi connectivity index (χ3n) is 6.60. The minimum Gasteiger partial charge on any atom is -0.457 e. The number of aromatic nitrogens is 1. The van der Waals surface area contributed by atoms with E-state index in [2.05, 4.69) is 6.58 Å². The van der Waals surface area contributed by atoms with Crippen molar-refractivity contribution in [1.82, 2.24) is 0 Å². The van der Waals surface area contributed by atoms with Crippen molar-refractivity contribution in [3.8, 4) is 5.75 Å². The van der Waals surface area contributed by atoms with Crippen LogP contribution in [0.15, 0.2) is 115 Å². The van der Waals surface area contributed by atoms with Crippen molar-refractivity contribution in [2.45, 2.75) is 13.5 Å². The predicted molar refractivity (Wildman–Crippen MR) is 153 cm³/mol. The van der Waals surface area contributed by atoms with E-state index in [1.165, 1.54) is 0 Å². The number of para-hydroxylation sites is 1. The van der Waals surface area contributed by atoms with E-state index in [0.717, 1.165) is 38.5 Å². The minimum absolute atomic E-state index is 0.164. The highest BCUT2D eigenvalue weighted by Gasteiger charge is 2.25. The molecule has 192 valence electrons. The molecule has 0 amide bonds. The lowest BCUT2D eigenvalue weighted by molar-refractivity contribution is -0.617. The first-order chi connectivity index (χ1) is 18.9. The summed E-state index contributed by atoms with van der Waals surface area (Å²) in [4.78, 5) is 26.3. The molecule has 0 atom stereocenters. The molecular formula is C34H28NO4+. The van der Waals surface area contributed by atoms with E-state index in [1.807, 2.05) is 103 Å². The number of benzene rings is 4. The molecule has 0 fully saturated rings. The summed E-state index contributed by atoms with van der Waals surface area (Å²) < 4.78 is 13.3. The molecule has 0 spiro atoms. The van der Waals surface area contributed by atoms with Gasteiger partial charge in [0.15, 0.2) is 0 Å². The molecule has 0 N–H and O–H groups in total. The van der Waals surface area contributed by atoms with Gasteiger partial charge < -0.3 is 9.47 Å². The summed E-state index contributed by atoms with van der Waals surface area (Å²) in [7, 11) is 1.97. The van der Waals surface area contributed by atoms with E-state index in [0.29, 0.717) is 11.3 Å². The van der Waals surface area contributed by atoms with Crippen molar-refractivity contribution < 1.29 is 23.6 Å². The van der Waals surface area contributed by atoms with Gasteiger partial charge in [-0.15, -0.1) is 0 Å². The fourth-order valence-electron chi connectivity index (χ4n) is 4.54. The molecule has 0 aliphatic carbocycles. The van der Waals surface area contributed by atoms with Gasteiger partial charge in [0.2, 0.25) is 11.0 Å². The molecule has 0 radical (unpaired) electrons. The maximum atomic E-state index is 13.7. The van der Waals surface area contributed by atoms with Gasteiger partial charge in [-0.2, -0.15) is 4.57 Å². The van der Waals surface area contributed by atoms with E-state index in [4.69, 9.17) is 9.47 Å². The summed E-state index contributed by atoms with van der Waals surface area (Å²) >= 11 is 0. The molecule has 4 aromatic carbocycles. The molecule has 0 bridgehead atoms. The number of fused-ring (bicyclic) bond motifs is 2. The van der Waals surface area contributed by atoms with Crippen LogP contribution in [0, 0.1) is 6.92 Å². The fraction of sp³-hybridized carbons (Fsp3) is 0.0882. The zero-order chi connectivity index (χ0) is 27.4. The molecular weight excluding hydrogens is 486 g/mol. The third kappa shape index (κ3) is 5.48. The van der Waals surface area contributed by atoms with Crippen LogP contribution in [0.1, 0.15) is 27.0 Å². The molecule has 1 heterocycles. The zero-order valence-corrected chi connectivity index (χ0v) is 21.9. The Morgan fingerprint density at radius 2 is 1.54 bits per heavy atom. The summed E-state index contributed by atoms with van der Waals surface area (Å²) in [5.41, 5.74) is 5.13. The summed E-state index contributed by atoms with van der Waals surface area (Å²) in [5, 5.41) is 1.49. The number of rotatable bonds is 7. The third-order valence-corrected chi connectivity index (χ3v) is 6.60. The second-order valence-corrected chi connectivity index (χ2v) is 9.32. The van der Waals surface area contributed by atoms with Crippen LogP contribution < -0.4 is 9.30 Å². The lowest BCUT2D eigenvalue weighted by Gasteiger charge is -2.12. The van der Waals surface area contributed by atoms with Crippen LogP contribution in [0.2, 0.25) is 0 Å². The second kappa shape index (κ2) is 11.2. The molecule has 5 rings (SSSR count). The van der Waals surface area contributed by atoms with Crippen molar-refractivity contribution in [3.05, 3.63) is 138 Å². The molecule has 0 saturated heterocycles. The number of nitrogens with zero attached hydrogens (tertiary/aromatic N) is 1. The summed E-state index contributed by atoms with van der Waals surface area (Å²) in [6.45, 7) is 6.04. The maximum Gasteiger partial charge on any atom is 0.345 e. The van der Waals surface area contributed by atoms with Crippen LogP contribution in [0.3, 0.4) is 0 Å². The molecule has 0 aliphatic heterocycles. The zero-order valence-electron chi connectivity index (χ0n) is 21.9. The first-order valence-electron chi connectivity index (χ1n) is 12.6.